The topological polar surface area (TPSA) is 38.7 Å². The van der Waals surface area contributed by atoms with Crippen molar-refractivity contribution >= 4 is 16.7 Å². The summed E-state index contributed by atoms with van der Waals surface area (Å²) in [6.07, 6.45) is 9.76. The Labute approximate surface area is 250 Å². The predicted octanol–water partition coefficient (Wildman–Crippen LogP) is 9.68. The third kappa shape index (κ3) is 6.21. The van der Waals surface area contributed by atoms with E-state index in [0.717, 1.165) is 39.4 Å². The zero-order chi connectivity index (χ0) is 29.7. The first kappa shape index (κ1) is 28.6. The molecule has 0 amide bonds. The Morgan fingerprint density at radius 3 is 1.95 bits per heavy atom. The fourth-order valence-corrected chi connectivity index (χ4v) is 5.55. The highest BCUT2D eigenvalue weighted by Crippen LogP contribution is 2.37. The van der Waals surface area contributed by atoms with Crippen molar-refractivity contribution in [1.29, 1.82) is 0 Å². The van der Waals surface area contributed by atoms with E-state index in [-0.39, 0.29) is 5.41 Å². The Morgan fingerprint density at radius 1 is 0.667 bits per heavy atom. The molecule has 5 rings (SSSR count). The summed E-state index contributed by atoms with van der Waals surface area (Å²) in [5.41, 5.74) is 13.0. The van der Waals surface area contributed by atoms with E-state index in [2.05, 4.69) is 117 Å². The van der Waals surface area contributed by atoms with Crippen LogP contribution in [-0.2, 0) is 5.41 Å². The molecule has 0 saturated heterocycles. The first-order valence-electron chi connectivity index (χ1n) is 14.3. The van der Waals surface area contributed by atoms with Crippen LogP contribution < -0.4 is 0 Å². The van der Waals surface area contributed by atoms with Gasteiger partial charge in [-0.05, 0) is 113 Å². The molecule has 0 atom stereocenters. The van der Waals surface area contributed by atoms with Crippen LogP contribution in [0.5, 0.6) is 0 Å². The summed E-state index contributed by atoms with van der Waals surface area (Å²) in [6.45, 7) is 15.3. The van der Waals surface area contributed by atoms with Crippen LogP contribution in [0.1, 0.15) is 60.1 Å². The van der Waals surface area contributed by atoms with Gasteiger partial charge in [-0.2, -0.15) is 0 Å². The molecular weight excluding hydrogens is 510 g/mol. The van der Waals surface area contributed by atoms with Gasteiger partial charge in [-0.15, -0.1) is 0 Å². The third-order valence-corrected chi connectivity index (χ3v) is 7.91. The van der Waals surface area contributed by atoms with Gasteiger partial charge in [0.1, 0.15) is 0 Å². The van der Waals surface area contributed by atoms with Gasteiger partial charge in [0, 0.05) is 29.7 Å². The van der Waals surface area contributed by atoms with E-state index in [0.29, 0.717) is 0 Å². The lowest BCUT2D eigenvalue weighted by molar-refractivity contribution is 0.627. The van der Waals surface area contributed by atoms with Crippen molar-refractivity contribution in [1.82, 2.24) is 15.0 Å². The number of allylic oxidation sites excluding steroid dienone is 5. The van der Waals surface area contributed by atoms with Crippen LogP contribution in [0.25, 0.3) is 27.8 Å². The number of aromatic nitrogens is 3. The third-order valence-electron chi connectivity index (χ3n) is 7.91. The Bertz CT molecular complexity index is 1760. The molecule has 0 bridgehead atoms. The summed E-state index contributed by atoms with van der Waals surface area (Å²) >= 11 is 0. The molecule has 0 aliphatic heterocycles. The fourth-order valence-electron chi connectivity index (χ4n) is 5.55. The zero-order valence-corrected chi connectivity index (χ0v) is 25.1. The number of hydrogen-bond acceptors (Lipinski definition) is 3. The minimum atomic E-state index is -0.173. The average molecular weight is 548 g/mol. The second kappa shape index (κ2) is 12.3. The van der Waals surface area contributed by atoms with Crippen LogP contribution in [-0.4, -0.2) is 15.0 Å². The molecule has 3 aromatic heterocycles. The highest BCUT2D eigenvalue weighted by molar-refractivity contribution is 5.90. The standard InChI is InChI=1S/C39H37N3/c1-27-15-16-33(26-36(27)39(5,6)35-12-11-23-40-30(35)4)31-17-19-32(20-18-31)34(24-28(2)37-13-7-9-21-41-37)25-29(3)38-14-8-10-22-42-38/h7-26H,2H2,1,3-6H3/b29-25+,34-24+. The molecule has 0 aliphatic rings. The Balaban J connectivity index is 1.52. The average Bonchev–Trinajstić information content (AvgIpc) is 3.02. The number of nitrogens with zero attached hydrogens (tertiary/aromatic N) is 3. The van der Waals surface area contributed by atoms with Crippen LogP contribution in [0.15, 0.2) is 128 Å². The van der Waals surface area contributed by atoms with E-state index in [1.54, 1.807) is 6.20 Å². The van der Waals surface area contributed by atoms with Gasteiger partial charge in [0.15, 0.2) is 0 Å². The molecule has 3 nitrogen and oxygen atoms in total. The molecule has 0 radical (unpaired) electrons. The van der Waals surface area contributed by atoms with Crippen molar-refractivity contribution in [3.63, 3.8) is 0 Å². The molecule has 0 aliphatic carbocycles. The summed E-state index contributed by atoms with van der Waals surface area (Å²) < 4.78 is 0. The maximum atomic E-state index is 4.56. The number of aryl methyl sites for hydroxylation is 2. The number of rotatable bonds is 8. The monoisotopic (exact) mass is 547 g/mol. The molecule has 5 aromatic rings. The van der Waals surface area contributed by atoms with Crippen molar-refractivity contribution in [2.24, 2.45) is 0 Å². The van der Waals surface area contributed by atoms with Gasteiger partial charge in [0.2, 0.25) is 0 Å². The maximum Gasteiger partial charge on any atom is 0.0696 e. The van der Waals surface area contributed by atoms with Crippen molar-refractivity contribution < 1.29 is 0 Å². The molecule has 3 heteroatoms. The van der Waals surface area contributed by atoms with Gasteiger partial charge in [0.25, 0.3) is 0 Å². The van der Waals surface area contributed by atoms with E-state index in [9.17, 15) is 0 Å². The molecule has 0 N–H and O–H groups in total. The lowest BCUT2D eigenvalue weighted by Crippen LogP contribution is -2.22. The zero-order valence-electron chi connectivity index (χ0n) is 25.1. The molecule has 42 heavy (non-hydrogen) atoms. The molecule has 208 valence electrons. The van der Waals surface area contributed by atoms with Crippen LogP contribution in [0.2, 0.25) is 0 Å². The summed E-state index contributed by atoms with van der Waals surface area (Å²) in [5, 5.41) is 0. The SMILES string of the molecule is C=C(/C=C(\C=C(/C)c1ccccn1)c1ccc(-c2ccc(C)c(C(C)(C)c3cccnc3C)c2)cc1)c1ccccn1. The van der Waals surface area contributed by atoms with Gasteiger partial charge in [-0.3, -0.25) is 15.0 Å². The highest BCUT2D eigenvalue weighted by atomic mass is 14.7. The van der Waals surface area contributed by atoms with Crippen molar-refractivity contribution in [3.05, 3.63) is 168 Å². The quantitative estimate of drug-likeness (QED) is 0.182. The molecule has 0 saturated carbocycles. The Hall–Kier alpha value is -4.89. The predicted molar refractivity (Wildman–Crippen MR) is 177 cm³/mol. The van der Waals surface area contributed by atoms with Crippen LogP contribution in [0.4, 0.5) is 0 Å². The molecule has 2 aromatic carbocycles. The second-order valence-electron chi connectivity index (χ2n) is 11.3. The maximum absolute atomic E-state index is 4.56. The van der Waals surface area contributed by atoms with Crippen molar-refractivity contribution in [3.8, 4) is 11.1 Å². The molecule has 3 heterocycles. The van der Waals surface area contributed by atoms with Crippen LogP contribution >= 0.6 is 0 Å². The van der Waals surface area contributed by atoms with Gasteiger partial charge >= 0.3 is 0 Å². The van der Waals surface area contributed by atoms with E-state index in [1.807, 2.05) is 54.9 Å². The number of hydrogen-bond donors (Lipinski definition) is 0. The lowest BCUT2D eigenvalue weighted by atomic mass is 9.75. The summed E-state index contributed by atoms with van der Waals surface area (Å²) in [6, 6.07) is 31.6. The summed E-state index contributed by atoms with van der Waals surface area (Å²) in [7, 11) is 0. The first-order valence-corrected chi connectivity index (χ1v) is 14.3. The number of benzene rings is 2. The summed E-state index contributed by atoms with van der Waals surface area (Å²) in [4.78, 5) is 13.6. The first-order chi connectivity index (χ1) is 20.2. The van der Waals surface area contributed by atoms with Gasteiger partial charge in [-0.1, -0.05) is 81.1 Å². The van der Waals surface area contributed by atoms with Gasteiger partial charge < -0.3 is 0 Å². The minimum absolute atomic E-state index is 0.173. The molecule has 0 fully saturated rings. The van der Waals surface area contributed by atoms with Gasteiger partial charge in [-0.25, -0.2) is 0 Å². The number of pyridine rings is 3. The van der Waals surface area contributed by atoms with E-state index in [1.165, 1.54) is 27.8 Å². The normalized spacial score (nSPS) is 12.3. The molecule has 0 spiro atoms. The molecular formula is C39H37N3. The lowest BCUT2D eigenvalue weighted by Gasteiger charge is -2.29. The largest absolute Gasteiger partial charge is 0.261 e. The summed E-state index contributed by atoms with van der Waals surface area (Å²) in [5.74, 6) is 0. The van der Waals surface area contributed by atoms with E-state index in [4.69, 9.17) is 0 Å². The second-order valence-corrected chi connectivity index (χ2v) is 11.3. The van der Waals surface area contributed by atoms with Crippen molar-refractivity contribution in [2.45, 2.75) is 40.0 Å². The van der Waals surface area contributed by atoms with Crippen LogP contribution in [0, 0.1) is 13.8 Å². The highest BCUT2D eigenvalue weighted by Gasteiger charge is 2.27. The smallest absolute Gasteiger partial charge is 0.0696 e. The Kier molecular flexibility index (Phi) is 8.40. The van der Waals surface area contributed by atoms with Crippen molar-refractivity contribution in [2.75, 3.05) is 0 Å². The fraction of sp³-hybridized carbons (Fsp3) is 0.154. The van der Waals surface area contributed by atoms with E-state index < -0.39 is 0 Å². The van der Waals surface area contributed by atoms with E-state index >= 15 is 0 Å². The molecule has 0 unspecified atom stereocenters. The minimum Gasteiger partial charge on any atom is -0.261 e. The van der Waals surface area contributed by atoms with Crippen LogP contribution in [0.3, 0.4) is 0 Å². The Morgan fingerprint density at radius 2 is 1.31 bits per heavy atom. The van der Waals surface area contributed by atoms with Gasteiger partial charge in [0.05, 0.1) is 11.4 Å².